The second kappa shape index (κ2) is 7.03. The van der Waals surface area contributed by atoms with Crippen molar-refractivity contribution in [2.75, 3.05) is 20.1 Å². The Balaban J connectivity index is 2.42. The molecular weight excluding hydrogens is 232 g/mol. The van der Waals surface area contributed by atoms with Crippen molar-refractivity contribution in [2.24, 2.45) is 0 Å². The number of allylic oxidation sites excluding steroid dienone is 1. The van der Waals surface area contributed by atoms with Gasteiger partial charge in [-0.1, -0.05) is 6.08 Å². The second-order valence-electron chi connectivity index (χ2n) is 4.70. The van der Waals surface area contributed by atoms with Crippen LogP contribution in [-0.4, -0.2) is 53.1 Å². The Hall–Kier alpha value is -1.52. The maximum Gasteiger partial charge on any atom is 0.320 e. The van der Waals surface area contributed by atoms with Crippen molar-refractivity contribution >= 4 is 12.0 Å². The Bertz CT molecular complexity index is 313. The summed E-state index contributed by atoms with van der Waals surface area (Å²) in [7, 11) is 1.77. The van der Waals surface area contributed by atoms with Crippen LogP contribution >= 0.6 is 0 Å². The van der Waals surface area contributed by atoms with E-state index in [9.17, 15) is 9.59 Å². The van der Waals surface area contributed by atoms with E-state index in [-0.39, 0.29) is 18.5 Å². The van der Waals surface area contributed by atoms with Gasteiger partial charge in [-0.05, 0) is 25.7 Å². The van der Waals surface area contributed by atoms with Crippen LogP contribution in [0.3, 0.4) is 0 Å². The monoisotopic (exact) mass is 254 g/mol. The summed E-state index contributed by atoms with van der Waals surface area (Å²) >= 11 is 0. The number of nitrogens with zero attached hydrogens (tertiary/aromatic N) is 2. The molecule has 0 bridgehead atoms. The molecule has 2 amide bonds. The van der Waals surface area contributed by atoms with E-state index in [1.54, 1.807) is 16.8 Å². The fourth-order valence-corrected chi connectivity index (χ4v) is 1.82. The fraction of sp³-hybridized carbons (Fsp3) is 0.692. The molecule has 0 aliphatic heterocycles. The molecule has 1 aliphatic rings. The van der Waals surface area contributed by atoms with Gasteiger partial charge >= 0.3 is 12.0 Å². The predicted octanol–water partition coefficient (Wildman–Crippen LogP) is 1.94. The number of carbonyl (C=O) groups is 2. The van der Waals surface area contributed by atoms with E-state index in [1.807, 2.05) is 6.08 Å². The van der Waals surface area contributed by atoms with Crippen molar-refractivity contribution in [2.45, 2.75) is 38.1 Å². The molecule has 0 aromatic rings. The van der Waals surface area contributed by atoms with Crippen molar-refractivity contribution in [1.29, 1.82) is 0 Å². The smallest absolute Gasteiger partial charge is 0.320 e. The first-order valence-electron chi connectivity index (χ1n) is 6.40. The third kappa shape index (κ3) is 4.77. The van der Waals surface area contributed by atoms with Crippen molar-refractivity contribution in [3.8, 4) is 0 Å². The molecule has 0 unspecified atom stereocenters. The van der Waals surface area contributed by atoms with Gasteiger partial charge in [-0.3, -0.25) is 4.79 Å². The van der Waals surface area contributed by atoms with Crippen LogP contribution in [0.4, 0.5) is 4.79 Å². The largest absolute Gasteiger partial charge is 0.481 e. The number of aliphatic carboxylic acids is 1. The maximum absolute atomic E-state index is 12.2. The molecule has 0 saturated heterocycles. The van der Waals surface area contributed by atoms with E-state index in [1.165, 1.54) is 0 Å². The Morgan fingerprint density at radius 2 is 2.06 bits per heavy atom. The molecule has 1 saturated carbocycles. The van der Waals surface area contributed by atoms with Crippen LogP contribution in [0.1, 0.15) is 32.1 Å². The van der Waals surface area contributed by atoms with E-state index in [4.69, 9.17) is 5.11 Å². The van der Waals surface area contributed by atoms with Crippen LogP contribution in [0.15, 0.2) is 12.7 Å². The third-order valence-corrected chi connectivity index (χ3v) is 3.03. The Morgan fingerprint density at radius 3 is 2.56 bits per heavy atom. The number of unbranched alkanes of at least 4 members (excludes halogenated alkanes) is 1. The van der Waals surface area contributed by atoms with Gasteiger partial charge in [-0.2, -0.15) is 0 Å². The lowest BCUT2D eigenvalue weighted by molar-refractivity contribution is -0.137. The van der Waals surface area contributed by atoms with Gasteiger partial charge in [-0.15, -0.1) is 6.58 Å². The topological polar surface area (TPSA) is 60.9 Å². The van der Waals surface area contributed by atoms with Gasteiger partial charge in [0.25, 0.3) is 0 Å². The molecule has 1 rings (SSSR count). The normalized spacial score (nSPS) is 14.1. The molecule has 102 valence electrons. The number of hydrogen-bond donors (Lipinski definition) is 1. The van der Waals surface area contributed by atoms with Crippen molar-refractivity contribution in [3.63, 3.8) is 0 Å². The number of hydrogen-bond acceptors (Lipinski definition) is 2. The quantitative estimate of drug-likeness (QED) is 0.532. The number of carboxylic acid groups (broad SMARTS) is 1. The van der Waals surface area contributed by atoms with Crippen molar-refractivity contribution in [3.05, 3.63) is 12.7 Å². The first-order valence-corrected chi connectivity index (χ1v) is 6.40. The number of carboxylic acids is 1. The average molecular weight is 254 g/mol. The third-order valence-electron chi connectivity index (χ3n) is 3.03. The van der Waals surface area contributed by atoms with E-state index in [0.717, 1.165) is 25.7 Å². The zero-order valence-electron chi connectivity index (χ0n) is 11.0. The fourth-order valence-electron chi connectivity index (χ4n) is 1.82. The highest BCUT2D eigenvalue weighted by atomic mass is 16.4. The zero-order valence-corrected chi connectivity index (χ0v) is 11.0. The zero-order chi connectivity index (χ0) is 13.5. The summed E-state index contributed by atoms with van der Waals surface area (Å²) in [5, 5.41) is 8.70. The molecule has 1 N–H and O–H groups in total. The van der Waals surface area contributed by atoms with Crippen molar-refractivity contribution in [1.82, 2.24) is 9.80 Å². The molecule has 0 heterocycles. The second-order valence-corrected chi connectivity index (χ2v) is 4.70. The van der Waals surface area contributed by atoms with Crippen LogP contribution in [0, 0.1) is 0 Å². The van der Waals surface area contributed by atoms with Gasteiger partial charge in [0.2, 0.25) is 0 Å². The number of rotatable bonds is 8. The summed E-state index contributed by atoms with van der Waals surface area (Å²) in [4.78, 5) is 26.1. The molecule has 1 fully saturated rings. The summed E-state index contributed by atoms with van der Waals surface area (Å²) in [6, 6.07) is 0.196. The van der Waals surface area contributed by atoms with Gasteiger partial charge in [0.1, 0.15) is 0 Å². The highest BCUT2D eigenvalue weighted by molar-refractivity contribution is 5.76. The van der Waals surface area contributed by atoms with E-state index in [2.05, 4.69) is 6.58 Å². The molecule has 5 nitrogen and oxygen atoms in total. The molecule has 5 heteroatoms. The summed E-state index contributed by atoms with van der Waals surface area (Å²) in [6.45, 7) is 4.64. The Labute approximate surface area is 108 Å². The van der Waals surface area contributed by atoms with E-state index >= 15 is 0 Å². The highest BCUT2D eigenvalue weighted by Crippen LogP contribution is 2.27. The molecule has 1 aliphatic carbocycles. The minimum atomic E-state index is -0.859. The Morgan fingerprint density at radius 1 is 1.39 bits per heavy atom. The highest BCUT2D eigenvalue weighted by Gasteiger charge is 2.33. The van der Waals surface area contributed by atoms with Crippen molar-refractivity contribution < 1.29 is 14.7 Å². The summed E-state index contributed by atoms with van der Waals surface area (Å²) in [5.74, 6) is -0.859. The molecule has 0 atom stereocenters. The standard InChI is InChI=1S/C13H22N2O3/c1-3-4-5-9-14(2)13(18)15(11-6-7-11)10-8-12(16)17/h3,11H,1,4-10H2,2H3,(H,16,17). The van der Waals surface area contributed by atoms with Crippen LogP contribution in [-0.2, 0) is 4.79 Å². The molecule has 0 spiro atoms. The minimum absolute atomic E-state index is 0.0166. The SMILES string of the molecule is C=CCCCN(C)C(=O)N(CCC(=O)O)C1CC1. The number of amides is 2. The van der Waals surface area contributed by atoms with Gasteiger partial charge in [0, 0.05) is 26.2 Å². The van der Waals surface area contributed by atoms with E-state index in [0.29, 0.717) is 13.1 Å². The first kappa shape index (κ1) is 14.5. The van der Waals surface area contributed by atoms with E-state index < -0.39 is 5.97 Å². The lowest BCUT2D eigenvalue weighted by Gasteiger charge is -2.27. The molecule has 0 radical (unpaired) electrons. The summed E-state index contributed by atoms with van der Waals surface area (Å²) < 4.78 is 0. The van der Waals surface area contributed by atoms with Crippen LogP contribution in [0.2, 0.25) is 0 Å². The van der Waals surface area contributed by atoms with Gasteiger partial charge < -0.3 is 14.9 Å². The number of carbonyl (C=O) groups excluding carboxylic acids is 1. The van der Waals surface area contributed by atoms with Gasteiger partial charge in [-0.25, -0.2) is 4.79 Å². The lowest BCUT2D eigenvalue weighted by atomic mass is 10.3. The molecule has 0 aromatic carbocycles. The summed E-state index contributed by atoms with van der Waals surface area (Å²) in [5.41, 5.74) is 0. The van der Waals surface area contributed by atoms with Gasteiger partial charge in [0.05, 0.1) is 6.42 Å². The Kier molecular flexibility index (Phi) is 5.68. The molecular formula is C13H22N2O3. The average Bonchev–Trinajstić information content (AvgIpc) is 3.13. The van der Waals surface area contributed by atoms with Gasteiger partial charge in [0.15, 0.2) is 0 Å². The minimum Gasteiger partial charge on any atom is -0.481 e. The van der Waals surface area contributed by atoms with Crippen LogP contribution in [0.25, 0.3) is 0 Å². The molecule has 0 aromatic heterocycles. The molecule has 18 heavy (non-hydrogen) atoms. The van der Waals surface area contributed by atoms with Crippen LogP contribution in [0.5, 0.6) is 0 Å². The summed E-state index contributed by atoms with van der Waals surface area (Å²) in [6.07, 6.45) is 5.61. The number of urea groups is 1. The predicted molar refractivity (Wildman–Crippen MR) is 69.4 cm³/mol. The maximum atomic E-state index is 12.2. The lowest BCUT2D eigenvalue weighted by Crippen LogP contribution is -2.43. The van der Waals surface area contributed by atoms with Crippen LogP contribution < -0.4 is 0 Å². The first-order chi connectivity index (χ1) is 8.56.